The van der Waals surface area contributed by atoms with Crippen molar-refractivity contribution in [2.45, 2.75) is 39.2 Å². The molecule has 1 fully saturated rings. The van der Waals surface area contributed by atoms with Crippen molar-refractivity contribution in [2.24, 2.45) is 0 Å². The zero-order chi connectivity index (χ0) is 20.0. The second kappa shape index (κ2) is 8.48. The average Bonchev–Trinajstić information content (AvgIpc) is 2.82. The first-order valence-corrected chi connectivity index (χ1v) is 8.53. The first kappa shape index (κ1) is 20.2. The van der Waals surface area contributed by atoms with Gasteiger partial charge in [-0.05, 0) is 39.2 Å². The van der Waals surface area contributed by atoms with Gasteiger partial charge in [0.25, 0.3) is 11.8 Å². The molecule has 0 saturated carbocycles. The van der Waals surface area contributed by atoms with E-state index in [2.05, 4.69) is 10.7 Å². The van der Waals surface area contributed by atoms with Crippen LogP contribution < -0.4 is 10.7 Å². The summed E-state index contributed by atoms with van der Waals surface area (Å²) < 4.78 is 4.76. The number of amides is 4. The highest BCUT2D eigenvalue weighted by molar-refractivity contribution is 6.07. The summed E-state index contributed by atoms with van der Waals surface area (Å²) in [5.74, 6) is -2.01. The molecule has 8 nitrogen and oxygen atoms in total. The summed E-state index contributed by atoms with van der Waals surface area (Å²) in [5.41, 5.74) is 2.81. The Labute approximate surface area is 157 Å². The van der Waals surface area contributed by atoms with Crippen LogP contribution in [0.3, 0.4) is 0 Å². The third-order valence-electron chi connectivity index (χ3n) is 4.01. The highest BCUT2D eigenvalue weighted by Gasteiger charge is 2.48. The van der Waals surface area contributed by atoms with Crippen LogP contribution in [0, 0.1) is 0 Å². The fraction of sp³-hybridized carbons (Fsp3) is 0.368. The van der Waals surface area contributed by atoms with Crippen LogP contribution in [0.4, 0.5) is 4.79 Å². The van der Waals surface area contributed by atoms with Gasteiger partial charge in [-0.3, -0.25) is 15.0 Å². The Morgan fingerprint density at radius 1 is 1.22 bits per heavy atom. The SMILES string of the molecule is CC(C)=CC(=O)OCC(=O)NN1C(=O)N[C@](C)(CCc2ccccc2)C1=O. The molecule has 2 rings (SSSR count). The van der Waals surface area contributed by atoms with Gasteiger partial charge in [-0.25, -0.2) is 9.59 Å². The summed E-state index contributed by atoms with van der Waals surface area (Å²) in [4.78, 5) is 48.0. The minimum absolute atomic E-state index is 0.378. The van der Waals surface area contributed by atoms with Crippen molar-refractivity contribution in [2.75, 3.05) is 6.61 Å². The quantitative estimate of drug-likeness (QED) is 0.428. The van der Waals surface area contributed by atoms with Gasteiger partial charge in [-0.1, -0.05) is 35.9 Å². The van der Waals surface area contributed by atoms with E-state index in [0.717, 1.165) is 11.1 Å². The lowest BCUT2D eigenvalue weighted by molar-refractivity contribution is -0.147. The van der Waals surface area contributed by atoms with E-state index >= 15 is 0 Å². The number of hydrogen-bond donors (Lipinski definition) is 2. The molecule has 1 aliphatic rings. The Morgan fingerprint density at radius 2 is 1.89 bits per heavy atom. The number of carbonyl (C=O) groups excluding carboxylic acids is 4. The number of esters is 1. The van der Waals surface area contributed by atoms with Crippen molar-refractivity contribution < 1.29 is 23.9 Å². The van der Waals surface area contributed by atoms with Crippen molar-refractivity contribution in [3.05, 3.63) is 47.5 Å². The zero-order valence-electron chi connectivity index (χ0n) is 15.6. The maximum Gasteiger partial charge on any atom is 0.344 e. The van der Waals surface area contributed by atoms with Crippen molar-refractivity contribution >= 4 is 23.8 Å². The fourth-order valence-corrected chi connectivity index (χ4v) is 2.57. The average molecular weight is 373 g/mol. The number of aryl methyl sites for hydroxylation is 1. The standard InChI is InChI=1S/C19H23N3O5/c1-13(2)11-16(24)27-12-15(23)21-22-17(25)19(3,20-18(22)26)10-9-14-7-5-4-6-8-14/h4-8,11H,9-10,12H2,1-3H3,(H,20,26)(H,21,23)/t19-/m1/s1. The molecule has 1 atom stereocenters. The van der Waals surface area contributed by atoms with E-state index in [9.17, 15) is 19.2 Å². The van der Waals surface area contributed by atoms with Gasteiger partial charge in [-0.15, -0.1) is 0 Å². The summed E-state index contributed by atoms with van der Waals surface area (Å²) in [7, 11) is 0. The Hall–Kier alpha value is -3.16. The minimum Gasteiger partial charge on any atom is -0.452 e. The number of nitrogens with zero attached hydrogens (tertiary/aromatic N) is 1. The highest BCUT2D eigenvalue weighted by Crippen LogP contribution is 2.22. The molecule has 0 spiro atoms. The van der Waals surface area contributed by atoms with Gasteiger partial charge in [-0.2, -0.15) is 5.01 Å². The second-order valence-electron chi connectivity index (χ2n) is 6.75. The molecule has 0 bridgehead atoms. The van der Waals surface area contributed by atoms with Gasteiger partial charge in [0.05, 0.1) is 0 Å². The summed E-state index contributed by atoms with van der Waals surface area (Å²) in [5, 5.41) is 3.23. The van der Waals surface area contributed by atoms with E-state index in [4.69, 9.17) is 4.74 Å². The summed E-state index contributed by atoms with van der Waals surface area (Å²) in [6.45, 7) is 4.44. The van der Waals surface area contributed by atoms with E-state index in [1.54, 1.807) is 20.8 Å². The number of imide groups is 1. The second-order valence-corrected chi connectivity index (χ2v) is 6.75. The van der Waals surface area contributed by atoms with Gasteiger partial charge in [0.2, 0.25) is 0 Å². The Kier molecular flexibility index (Phi) is 6.33. The number of hydrazine groups is 1. The summed E-state index contributed by atoms with van der Waals surface area (Å²) in [6, 6.07) is 8.84. The number of ether oxygens (including phenoxy) is 1. The predicted octanol–water partition coefficient (Wildman–Crippen LogP) is 1.47. The number of nitrogens with one attached hydrogen (secondary N) is 2. The molecule has 1 saturated heterocycles. The Morgan fingerprint density at radius 3 is 2.52 bits per heavy atom. The van der Waals surface area contributed by atoms with E-state index in [0.29, 0.717) is 17.9 Å². The highest BCUT2D eigenvalue weighted by atomic mass is 16.5. The first-order chi connectivity index (χ1) is 12.7. The van der Waals surface area contributed by atoms with Gasteiger partial charge >= 0.3 is 12.0 Å². The first-order valence-electron chi connectivity index (χ1n) is 8.53. The number of allylic oxidation sites excluding steroid dienone is 1. The molecule has 8 heteroatoms. The zero-order valence-corrected chi connectivity index (χ0v) is 15.6. The van der Waals surface area contributed by atoms with Gasteiger partial charge in [0.1, 0.15) is 5.54 Å². The normalized spacial score (nSPS) is 18.7. The molecular weight excluding hydrogens is 350 g/mol. The van der Waals surface area contributed by atoms with Crippen LogP contribution in [0.5, 0.6) is 0 Å². The van der Waals surface area contributed by atoms with Crippen molar-refractivity contribution in [3.63, 3.8) is 0 Å². The summed E-state index contributed by atoms with van der Waals surface area (Å²) in [6.07, 6.45) is 2.20. The predicted molar refractivity (Wildman–Crippen MR) is 97.1 cm³/mol. The molecule has 144 valence electrons. The van der Waals surface area contributed by atoms with Crippen LogP contribution in [0.25, 0.3) is 0 Å². The van der Waals surface area contributed by atoms with Gasteiger partial charge in [0, 0.05) is 6.08 Å². The maximum atomic E-state index is 12.6. The lowest BCUT2D eigenvalue weighted by atomic mass is 9.93. The lowest BCUT2D eigenvalue weighted by Crippen LogP contribution is -2.49. The molecule has 0 aliphatic carbocycles. The molecular formula is C19H23N3O5. The van der Waals surface area contributed by atoms with Crippen molar-refractivity contribution in [1.82, 2.24) is 15.8 Å². The van der Waals surface area contributed by atoms with Crippen LogP contribution in [-0.4, -0.2) is 41.0 Å². The van der Waals surface area contributed by atoms with Crippen LogP contribution in [0.1, 0.15) is 32.8 Å². The fourth-order valence-electron chi connectivity index (χ4n) is 2.57. The molecule has 0 aromatic heterocycles. The molecule has 1 aromatic rings. The van der Waals surface area contributed by atoms with E-state index in [1.807, 2.05) is 30.3 Å². The van der Waals surface area contributed by atoms with Crippen molar-refractivity contribution in [3.8, 4) is 0 Å². The smallest absolute Gasteiger partial charge is 0.344 e. The molecule has 0 unspecified atom stereocenters. The minimum atomic E-state index is -1.13. The number of carbonyl (C=O) groups is 4. The molecule has 4 amide bonds. The number of benzene rings is 1. The number of rotatable bonds is 7. The monoisotopic (exact) mass is 373 g/mol. The van der Waals surface area contributed by atoms with Crippen LogP contribution in [0.15, 0.2) is 42.0 Å². The van der Waals surface area contributed by atoms with Gasteiger partial charge in [0.15, 0.2) is 6.61 Å². The van der Waals surface area contributed by atoms with Crippen LogP contribution in [0.2, 0.25) is 0 Å². The van der Waals surface area contributed by atoms with Crippen LogP contribution >= 0.6 is 0 Å². The summed E-state index contributed by atoms with van der Waals surface area (Å²) >= 11 is 0. The molecule has 1 aliphatic heterocycles. The topological polar surface area (TPSA) is 105 Å². The van der Waals surface area contributed by atoms with E-state index < -0.39 is 36.0 Å². The lowest BCUT2D eigenvalue weighted by Gasteiger charge is -2.21. The Bertz CT molecular complexity index is 771. The number of urea groups is 1. The maximum absolute atomic E-state index is 12.6. The van der Waals surface area contributed by atoms with Crippen LogP contribution in [-0.2, 0) is 25.5 Å². The largest absolute Gasteiger partial charge is 0.452 e. The molecule has 0 radical (unpaired) electrons. The number of hydrogen-bond acceptors (Lipinski definition) is 5. The van der Waals surface area contributed by atoms with E-state index in [1.165, 1.54) is 6.08 Å². The van der Waals surface area contributed by atoms with Crippen molar-refractivity contribution in [1.29, 1.82) is 0 Å². The Balaban J connectivity index is 1.91. The third kappa shape index (κ3) is 5.40. The third-order valence-corrected chi connectivity index (χ3v) is 4.01. The molecule has 2 N–H and O–H groups in total. The molecule has 1 heterocycles. The van der Waals surface area contributed by atoms with Gasteiger partial charge < -0.3 is 10.1 Å². The molecule has 1 aromatic carbocycles. The molecule has 27 heavy (non-hydrogen) atoms. The van der Waals surface area contributed by atoms with E-state index in [-0.39, 0.29) is 0 Å².